The molecule has 1 aromatic carbocycles. The van der Waals surface area contributed by atoms with Crippen molar-refractivity contribution in [3.8, 4) is 11.4 Å². The Morgan fingerprint density at radius 1 is 1.33 bits per heavy atom. The minimum atomic E-state index is -0.0664. The fourth-order valence-electron chi connectivity index (χ4n) is 1.64. The molecule has 0 amide bonds. The van der Waals surface area contributed by atoms with Crippen LogP contribution in [0.3, 0.4) is 0 Å². The van der Waals surface area contributed by atoms with E-state index in [-0.39, 0.29) is 5.56 Å². The van der Waals surface area contributed by atoms with Crippen molar-refractivity contribution in [2.75, 3.05) is 12.5 Å². The number of benzene rings is 1. The SMILES string of the molecule is Cc1cc(=O)n(-c2ccc(OCCCCl)cc2)[nH]1. The van der Waals surface area contributed by atoms with E-state index in [9.17, 15) is 4.79 Å². The lowest BCUT2D eigenvalue weighted by atomic mass is 10.3. The molecule has 0 bridgehead atoms. The molecule has 0 aliphatic carbocycles. The number of halogens is 1. The van der Waals surface area contributed by atoms with Gasteiger partial charge in [-0.25, -0.2) is 4.68 Å². The second-order valence-corrected chi connectivity index (χ2v) is 4.38. The van der Waals surface area contributed by atoms with Crippen molar-refractivity contribution in [1.29, 1.82) is 0 Å². The second kappa shape index (κ2) is 5.78. The summed E-state index contributed by atoms with van der Waals surface area (Å²) in [6, 6.07) is 8.92. The zero-order chi connectivity index (χ0) is 13.0. The maximum atomic E-state index is 11.6. The molecule has 0 saturated heterocycles. The maximum Gasteiger partial charge on any atom is 0.271 e. The fourth-order valence-corrected chi connectivity index (χ4v) is 1.75. The standard InChI is InChI=1S/C13H15ClN2O2/c1-10-9-13(17)16(15-10)11-3-5-12(6-4-11)18-8-2-7-14/h3-6,9,15H,2,7-8H2,1H3. The van der Waals surface area contributed by atoms with Crippen LogP contribution in [-0.4, -0.2) is 22.3 Å². The van der Waals surface area contributed by atoms with E-state index in [4.69, 9.17) is 16.3 Å². The van der Waals surface area contributed by atoms with Crippen molar-refractivity contribution >= 4 is 11.6 Å². The monoisotopic (exact) mass is 266 g/mol. The van der Waals surface area contributed by atoms with Crippen LogP contribution in [0.1, 0.15) is 12.1 Å². The normalized spacial score (nSPS) is 10.6. The summed E-state index contributed by atoms with van der Waals surface area (Å²) in [7, 11) is 0. The number of alkyl halides is 1. The molecular weight excluding hydrogens is 252 g/mol. The summed E-state index contributed by atoms with van der Waals surface area (Å²) in [6.07, 6.45) is 0.818. The van der Waals surface area contributed by atoms with Gasteiger partial charge in [-0.3, -0.25) is 9.89 Å². The van der Waals surface area contributed by atoms with Gasteiger partial charge >= 0.3 is 0 Å². The van der Waals surface area contributed by atoms with Crippen molar-refractivity contribution in [3.63, 3.8) is 0 Å². The smallest absolute Gasteiger partial charge is 0.271 e. The third kappa shape index (κ3) is 2.96. The molecule has 0 fully saturated rings. The summed E-state index contributed by atoms with van der Waals surface area (Å²) in [5, 5.41) is 2.98. The van der Waals surface area contributed by atoms with Crippen LogP contribution in [0.4, 0.5) is 0 Å². The molecule has 2 aromatic rings. The summed E-state index contributed by atoms with van der Waals surface area (Å²) in [5.74, 6) is 1.37. The Hall–Kier alpha value is -1.68. The van der Waals surface area contributed by atoms with Crippen LogP contribution in [0.15, 0.2) is 35.1 Å². The van der Waals surface area contributed by atoms with Gasteiger partial charge < -0.3 is 4.74 Å². The number of aryl methyl sites for hydroxylation is 1. The highest BCUT2D eigenvalue weighted by atomic mass is 35.5. The van der Waals surface area contributed by atoms with Gasteiger partial charge in [0, 0.05) is 17.6 Å². The molecule has 0 saturated carbocycles. The third-order valence-electron chi connectivity index (χ3n) is 2.49. The third-order valence-corrected chi connectivity index (χ3v) is 2.76. The molecule has 1 aromatic heterocycles. The zero-order valence-corrected chi connectivity index (χ0v) is 10.9. The van der Waals surface area contributed by atoms with Crippen molar-refractivity contribution < 1.29 is 4.74 Å². The Labute approximate surface area is 110 Å². The second-order valence-electron chi connectivity index (χ2n) is 4.00. The molecule has 1 N–H and O–H groups in total. The Morgan fingerprint density at radius 3 is 2.61 bits per heavy atom. The molecule has 0 aliphatic heterocycles. The first kappa shape index (κ1) is 12.8. The van der Waals surface area contributed by atoms with Gasteiger partial charge in [0.2, 0.25) is 0 Å². The number of rotatable bonds is 5. The van der Waals surface area contributed by atoms with Gasteiger partial charge in [0.1, 0.15) is 5.75 Å². The largest absolute Gasteiger partial charge is 0.494 e. The summed E-state index contributed by atoms with van der Waals surface area (Å²) in [4.78, 5) is 11.6. The topological polar surface area (TPSA) is 47.0 Å². The number of hydrogen-bond donors (Lipinski definition) is 1. The molecule has 1 heterocycles. The van der Waals surface area contributed by atoms with Gasteiger partial charge in [-0.15, -0.1) is 11.6 Å². The first-order chi connectivity index (χ1) is 8.70. The molecule has 0 aliphatic rings. The molecule has 0 atom stereocenters. The molecular formula is C13H15ClN2O2. The first-order valence-corrected chi connectivity index (χ1v) is 6.32. The Morgan fingerprint density at radius 2 is 2.06 bits per heavy atom. The highest BCUT2D eigenvalue weighted by Crippen LogP contribution is 2.14. The highest BCUT2D eigenvalue weighted by Gasteiger charge is 2.02. The summed E-state index contributed by atoms with van der Waals surface area (Å²) >= 11 is 5.57. The summed E-state index contributed by atoms with van der Waals surface area (Å²) in [6.45, 7) is 2.45. The van der Waals surface area contributed by atoms with Crippen LogP contribution >= 0.6 is 11.6 Å². The maximum absolute atomic E-state index is 11.6. The molecule has 0 spiro atoms. The molecule has 0 radical (unpaired) electrons. The quantitative estimate of drug-likeness (QED) is 0.668. The number of H-pyrrole nitrogens is 1. The van der Waals surface area contributed by atoms with Gasteiger partial charge in [0.05, 0.1) is 12.3 Å². The van der Waals surface area contributed by atoms with Gasteiger partial charge in [-0.1, -0.05) is 0 Å². The Kier molecular flexibility index (Phi) is 4.10. The van der Waals surface area contributed by atoms with Gasteiger partial charge in [0.25, 0.3) is 5.56 Å². The first-order valence-electron chi connectivity index (χ1n) is 5.78. The lowest BCUT2D eigenvalue weighted by Crippen LogP contribution is -2.13. The van der Waals surface area contributed by atoms with Crippen LogP contribution in [0.25, 0.3) is 5.69 Å². The van der Waals surface area contributed by atoms with E-state index >= 15 is 0 Å². The van der Waals surface area contributed by atoms with E-state index in [2.05, 4.69) is 5.10 Å². The molecule has 5 heteroatoms. The van der Waals surface area contributed by atoms with Crippen LogP contribution in [0.2, 0.25) is 0 Å². The van der Waals surface area contributed by atoms with E-state index in [1.807, 2.05) is 31.2 Å². The van der Waals surface area contributed by atoms with Crippen LogP contribution in [0, 0.1) is 6.92 Å². The highest BCUT2D eigenvalue weighted by molar-refractivity contribution is 6.17. The van der Waals surface area contributed by atoms with Gasteiger partial charge in [-0.2, -0.15) is 0 Å². The van der Waals surface area contributed by atoms with Crippen molar-refractivity contribution in [2.45, 2.75) is 13.3 Å². The average molecular weight is 267 g/mol. The predicted octanol–water partition coefficient (Wildman–Crippen LogP) is 2.48. The number of ether oxygens (including phenoxy) is 1. The number of nitrogens with one attached hydrogen (secondary N) is 1. The zero-order valence-electron chi connectivity index (χ0n) is 10.1. The van der Waals surface area contributed by atoms with E-state index in [1.165, 1.54) is 4.68 Å². The summed E-state index contributed by atoms with van der Waals surface area (Å²) in [5.41, 5.74) is 1.56. The molecule has 18 heavy (non-hydrogen) atoms. The van der Waals surface area contributed by atoms with Crippen LogP contribution in [-0.2, 0) is 0 Å². The average Bonchev–Trinajstić information content (AvgIpc) is 2.70. The fraction of sp³-hybridized carbons (Fsp3) is 0.308. The number of nitrogens with zero attached hydrogens (tertiary/aromatic N) is 1. The predicted molar refractivity (Wildman–Crippen MR) is 72.0 cm³/mol. The van der Waals surface area contributed by atoms with E-state index in [0.29, 0.717) is 12.5 Å². The molecule has 96 valence electrons. The van der Waals surface area contributed by atoms with Gasteiger partial charge in [-0.05, 0) is 37.6 Å². The van der Waals surface area contributed by atoms with E-state index in [1.54, 1.807) is 6.07 Å². The molecule has 0 unspecified atom stereocenters. The minimum Gasteiger partial charge on any atom is -0.494 e. The van der Waals surface area contributed by atoms with E-state index < -0.39 is 0 Å². The number of aromatic amines is 1. The lowest BCUT2D eigenvalue weighted by Gasteiger charge is -2.06. The summed E-state index contributed by atoms with van der Waals surface area (Å²) < 4.78 is 6.99. The van der Waals surface area contributed by atoms with Gasteiger partial charge in [0.15, 0.2) is 0 Å². The van der Waals surface area contributed by atoms with Crippen molar-refractivity contribution in [2.24, 2.45) is 0 Å². The van der Waals surface area contributed by atoms with Crippen molar-refractivity contribution in [3.05, 3.63) is 46.4 Å². The molecule has 2 rings (SSSR count). The minimum absolute atomic E-state index is 0.0664. The Bertz CT molecular complexity index is 557. The Balaban J connectivity index is 2.12. The van der Waals surface area contributed by atoms with E-state index in [0.717, 1.165) is 23.6 Å². The van der Waals surface area contributed by atoms with Crippen molar-refractivity contribution in [1.82, 2.24) is 9.78 Å². The number of aromatic nitrogens is 2. The van der Waals surface area contributed by atoms with Crippen LogP contribution in [0.5, 0.6) is 5.75 Å². The molecule has 4 nitrogen and oxygen atoms in total. The van der Waals surface area contributed by atoms with Crippen LogP contribution < -0.4 is 10.3 Å². The lowest BCUT2D eigenvalue weighted by molar-refractivity contribution is 0.318. The number of hydrogen-bond acceptors (Lipinski definition) is 2.